The number of morpholine rings is 1. The van der Waals surface area contributed by atoms with E-state index in [4.69, 9.17) is 9.47 Å². The Morgan fingerprint density at radius 2 is 1.73 bits per heavy atom. The van der Waals surface area contributed by atoms with Gasteiger partial charge in [-0.3, -0.25) is 14.5 Å². The number of ketones is 1. The highest BCUT2D eigenvalue weighted by Gasteiger charge is 2.13. The van der Waals surface area contributed by atoms with Crippen molar-refractivity contribution in [3.8, 4) is 5.75 Å². The predicted molar refractivity (Wildman–Crippen MR) is 116 cm³/mol. The summed E-state index contributed by atoms with van der Waals surface area (Å²) in [6.45, 7) is 6.86. The Kier molecular flexibility index (Phi) is 8.41. The molecule has 30 heavy (non-hydrogen) atoms. The number of Topliss-reactive ketones (excluding diaryl/α,β-unsaturated/α-hetero) is 1. The monoisotopic (exact) mass is 410 g/mol. The van der Waals surface area contributed by atoms with Gasteiger partial charge >= 0.3 is 0 Å². The van der Waals surface area contributed by atoms with Crippen molar-refractivity contribution < 1.29 is 19.1 Å². The van der Waals surface area contributed by atoms with Crippen molar-refractivity contribution in [1.82, 2.24) is 10.2 Å². The molecule has 1 N–H and O–H groups in total. The molecule has 2 aromatic rings. The molecule has 0 aromatic heterocycles. The van der Waals surface area contributed by atoms with Crippen molar-refractivity contribution in [2.75, 3.05) is 32.9 Å². The zero-order valence-corrected chi connectivity index (χ0v) is 17.6. The predicted octanol–water partition coefficient (Wildman–Crippen LogP) is 3.20. The van der Waals surface area contributed by atoms with Crippen molar-refractivity contribution in [2.24, 2.45) is 0 Å². The molecule has 3 rings (SSSR count). The summed E-state index contributed by atoms with van der Waals surface area (Å²) in [5.74, 6) is 0.758. The van der Waals surface area contributed by atoms with E-state index in [1.807, 2.05) is 12.1 Å². The number of benzene rings is 2. The van der Waals surface area contributed by atoms with Crippen molar-refractivity contribution in [2.45, 2.75) is 32.9 Å². The smallest absolute Gasteiger partial charge is 0.220 e. The highest BCUT2D eigenvalue weighted by molar-refractivity contribution is 5.94. The fourth-order valence-electron chi connectivity index (χ4n) is 3.38. The van der Waals surface area contributed by atoms with E-state index in [0.717, 1.165) is 38.4 Å². The highest BCUT2D eigenvalue weighted by Crippen LogP contribution is 2.14. The second-order valence-electron chi connectivity index (χ2n) is 7.47. The molecule has 1 aliphatic rings. The second-order valence-corrected chi connectivity index (χ2v) is 7.47. The van der Waals surface area contributed by atoms with E-state index in [1.54, 1.807) is 24.3 Å². The molecule has 1 amide bonds. The van der Waals surface area contributed by atoms with Gasteiger partial charge in [-0.25, -0.2) is 0 Å². The van der Waals surface area contributed by atoms with Gasteiger partial charge < -0.3 is 14.8 Å². The Hall–Kier alpha value is -2.70. The van der Waals surface area contributed by atoms with Gasteiger partial charge in [0, 0.05) is 38.2 Å². The molecule has 160 valence electrons. The fraction of sp³-hybridized carbons (Fsp3) is 0.417. The van der Waals surface area contributed by atoms with E-state index < -0.39 is 0 Å². The Balaban J connectivity index is 1.38. The summed E-state index contributed by atoms with van der Waals surface area (Å²) in [4.78, 5) is 25.9. The number of hydrogen-bond acceptors (Lipinski definition) is 5. The van der Waals surface area contributed by atoms with Crippen LogP contribution in [0.4, 0.5) is 0 Å². The molecule has 0 atom stereocenters. The normalized spacial score (nSPS) is 14.3. The van der Waals surface area contributed by atoms with Gasteiger partial charge in [-0.05, 0) is 48.7 Å². The number of hydrogen-bond donors (Lipinski definition) is 1. The second kappa shape index (κ2) is 11.5. The van der Waals surface area contributed by atoms with Crippen LogP contribution in [-0.2, 0) is 22.6 Å². The first-order valence-electron chi connectivity index (χ1n) is 10.5. The first kappa shape index (κ1) is 22.0. The quantitative estimate of drug-likeness (QED) is 0.481. The molecular formula is C24H30N2O4. The average Bonchev–Trinajstić information content (AvgIpc) is 2.77. The lowest BCUT2D eigenvalue weighted by Gasteiger charge is -2.27. The summed E-state index contributed by atoms with van der Waals surface area (Å²) in [6, 6.07) is 15.3. The van der Waals surface area contributed by atoms with Crippen LogP contribution in [0.2, 0.25) is 0 Å². The van der Waals surface area contributed by atoms with E-state index >= 15 is 0 Å². The van der Waals surface area contributed by atoms with Crippen LogP contribution < -0.4 is 10.1 Å². The van der Waals surface area contributed by atoms with E-state index in [0.29, 0.717) is 37.3 Å². The van der Waals surface area contributed by atoms with Gasteiger partial charge in [0.15, 0.2) is 5.78 Å². The summed E-state index contributed by atoms with van der Waals surface area (Å²) < 4.78 is 11.1. The van der Waals surface area contributed by atoms with Gasteiger partial charge in [0.05, 0.1) is 19.8 Å². The van der Waals surface area contributed by atoms with Crippen LogP contribution in [0.1, 0.15) is 41.3 Å². The molecule has 0 spiro atoms. The first-order valence-corrected chi connectivity index (χ1v) is 10.5. The van der Waals surface area contributed by atoms with Crippen LogP contribution in [0.15, 0.2) is 48.5 Å². The van der Waals surface area contributed by atoms with Crippen LogP contribution in [0, 0.1) is 0 Å². The van der Waals surface area contributed by atoms with Crippen molar-refractivity contribution in [1.29, 1.82) is 0 Å². The number of ether oxygens (including phenoxy) is 2. The molecule has 6 heteroatoms. The van der Waals surface area contributed by atoms with Crippen LogP contribution >= 0.6 is 0 Å². The van der Waals surface area contributed by atoms with Gasteiger partial charge in [0.2, 0.25) is 5.91 Å². The van der Waals surface area contributed by atoms with Gasteiger partial charge in [-0.2, -0.15) is 0 Å². The number of carbonyl (C=O) groups excluding carboxylic acids is 2. The number of amides is 1. The summed E-state index contributed by atoms with van der Waals surface area (Å²) in [5.41, 5.74) is 3.06. The summed E-state index contributed by atoms with van der Waals surface area (Å²) in [6.07, 6.45) is 1.05. The third kappa shape index (κ3) is 6.97. The zero-order chi connectivity index (χ0) is 21.2. The van der Waals surface area contributed by atoms with E-state index in [1.165, 1.54) is 12.5 Å². The Morgan fingerprint density at radius 3 is 2.43 bits per heavy atom. The minimum atomic E-state index is 0.0201. The van der Waals surface area contributed by atoms with Gasteiger partial charge in [-0.15, -0.1) is 0 Å². The number of carbonyl (C=O) groups is 2. The summed E-state index contributed by atoms with van der Waals surface area (Å²) >= 11 is 0. The first-order chi connectivity index (χ1) is 14.6. The Morgan fingerprint density at radius 1 is 1.03 bits per heavy atom. The van der Waals surface area contributed by atoms with E-state index in [-0.39, 0.29) is 11.7 Å². The van der Waals surface area contributed by atoms with Crippen molar-refractivity contribution >= 4 is 11.7 Å². The third-order valence-electron chi connectivity index (χ3n) is 5.17. The summed E-state index contributed by atoms with van der Waals surface area (Å²) in [5, 5.41) is 3.02. The lowest BCUT2D eigenvalue weighted by molar-refractivity contribution is -0.121. The topological polar surface area (TPSA) is 67.9 Å². The van der Waals surface area contributed by atoms with Crippen LogP contribution in [0.25, 0.3) is 0 Å². The molecule has 6 nitrogen and oxygen atoms in total. The molecule has 0 saturated carbocycles. The third-order valence-corrected chi connectivity index (χ3v) is 5.17. The molecule has 0 bridgehead atoms. The number of nitrogens with zero attached hydrogens (tertiary/aromatic N) is 1. The van der Waals surface area contributed by atoms with Crippen LogP contribution in [0.5, 0.6) is 5.75 Å². The van der Waals surface area contributed by atoms with Gasteiger partial charge in [0.25, 0.3) is 0 Å². The molecule has 0 aliphatic carbocycles. The lowest BCUT2D eigenvalue weighted by atomic mass is 10.1. The van der Waals surface area contributed by atoms with Gasteiger partial charge in [-0.1, -0.05) is 24.3 Å². The molecule has 1 aliphatic heterocycles. The SMILES string of the molecule is CC(=O)c1ccc(OCCCC(=O)NCc2ccccc2CN2CCOCC2)cc1. The van der Waals surface area contributed by atoms with E-state index in [2.05, 4.69) is 22.3 Å². The van der Waals surface area contributed by atoms with Crippen molar-refractivity contribution in [3.63, 3.8) is 0 Å². The van der Waals surface area contributed by atoms with Crippen LogP contribution in [-0.4, -0.2) is 49.5 Å². The largest absolute Gasteiger partial charge is 0.494 e. The molecule has 0 radical (unpaired) electrons. The number of nitrogens with one attached hydrogen (secondary N) is 1. The van der Waals surface area contributed by atoms with E-state index in [9.17, 15) is 9.59 Å². The molecule has 2 aromatic carbocycles. The zero-order valence-electron chi connectivity index (χ0n) is 17.6. The fourth-order valence-corrected chi connectivity index (χ4v) is 3.38. The molecule has 1 heterocycles. The standard InChI is InChI=1S/C24H30N2O4/c1-19(27)20-8-10-23(11-9-20)30-14-4-7-24(28)25-17-21-5-2-3-6-22(21)18-26-12-15-29-16-13-26/h2-3,5-6,8-11H,4,7,12-18H2,1H3,(H,25,28). The van der Waals surface area contributed by atoms with Crippen molar-refractivity contribution in [3.05, 3.63) is 65.2 Å². The maximum absolute atomic E-state index is 12.2. The summed E-state index contributed by atoms with van der Waals surface area (Å²) in [7, 11) is 0. The maximum Gasteiger partial charge on any atom is 0.220 e. The molecule has 1 fully saturated rings. The molecular weight excluding hydrogens is 380 g/mol. The Bertz CT molecular complexity index is 829. The highest BCUT2D eigenvalue weighted by atomic mass is 16.5. The average molecular weight is 411 g/mol. The molecule has 0 unspecified atom stereocenters. The Labute approximate surface area is 178 Å². The lowest BCUT2D eigenvalue weighted by Crippen LogP contribution is -2.36. The van der Waals surface area contributed by atoms with Crippen LogP contribution in [0.3, 0.4) is 0 Å². The van der Waals surface area contributed by atoms with Gasteiger partial charge in [0.1, 0.15) is 5.75 Å². The molecule has 1 saturated heterocycles. The minimum Gasteiger partial charge on any atom is -0.494 e. The number of rotatable bonds is 10. The minimum absolute atomic E-state index is 0.0201. The maximum atomic E-state index is 12.2.